The van der Waals surface area contributed by atoms with E-state index < -0.39 is 29.6 Å². The number of rotatable bonds is 23. The highest BCUT2D eigenvalue weighted by atomic mass is 16.7. The first-order valence-electron chi connectivity index (χ1n) is 18.2. The maximum Gasteiger partial charge on any atom is 0.363 e. The number of hydroxylamine groups is 2. The van der Waals surface area contributed by atoms with Crippen molar-refractivity contribution in [2.75, 3.05) is 39.4 Å². The molecule has 0 saturated carbocycles. The van der Waals surface area contributed by atoms with Crippen molar-refractivity contribution in [1.82, 2.24) is 21.0 Å². The van der Waals surface area contributed by atoms with Crippen LogP contribution in [-0.2, 0) is 40.0 Å². The molecule has 298 valence electrons. The summed E-state index contributed by atoms with van der Waals surface area (Å²) in [5.41, 5.74) is 12.2. The molecule has 17 heteroatoms. The number of aromatic hydroxyl groups is 1. The summed E-state index contributed by atoms with van der Waals surface area (Å²) in [6, 6.07) is 10.8. The number of aryl methyl sites for hydroxylation is 1. The normalized spacial score (nSPS) is 13.5. The van der Waals surface area contributed by atoms with E-state index in [0.29, 0.717) is 56.0 Å². The number of unbranched alkanes of at least 4 members (excludes halogenated alkanes) is 1. The minimum Gasteiger partial charge on any atom is -0.508 e. The summed E-state index contributed by atoms with van der Waals surface area (Å²) < 4.78 is 5.64. The lowest BCUT2D eigenvalue weighted by Crippen LogP contribution is -2.38. The highest BCUT2D eigenvalue weighted by Gasteiger charge is 2.33. The molecule has 1 heterocycles. The second-order valence-electron chi connectivity index (χ2n) is 13.3. The maximum atomic E-state index is 13.1. The number of guanidine groups is 1. The zero-order valence-electron chi connectivity index (χ0n) is 31.3. The molecular formula is C38H51N7O10. The first-order valence-corrected chi connectivity index (χ1v) is 18.2. The van der Waals surface area contributed by atoms with Crippen molar-refractivity contribution in [3.63, 3.8) is 0 Å². The molecule has 2 aromatic carbocycles. The van der Waals surface area contributed by atoms with Gasteiger partial charge in [-0.05, 0) is 80.5 Å². The lowest BCUT2D eigenvalue weighted by atomic mass is 9.93. The number of hydrogen-bond donors (Lipinski definition) is 6. The number of benzene rings is 2. The van der Waals surface area contributed by atoms with Crippen LogP contribution in [0.5, 0.6) is 5.75 Å². The first kappa shape index (κ1) is 43.6. The van der Waals surface area contributed by atoms with Crippen molar-refractivity contribution in [1.29, 1.82) is 0 Å². The minimum absolute atomic E-state index is 0.0158. The van der Waals surface area contributed by atoms with Gasteiger partial charge in [-0.15, -0.1) is 5.06 Å². The van der Waals surface area contributed by atoms with Gasteiger partial charge in [-0.25, -0.2) is 4.79 Å². The van der Waals surface area contributed by atoms with Gasteiger partial charge in [0, 0.05) is 62.9 Å². The van der Waals surface area contributed by atoms with Gasteiger partial charge in [-0.3, -0.25) is 33.8 Å². The van der Waals surface area contributed by atoms with Crippen LogP contribution >= 0.6 is 0 Å². The van der Waals surface area contributed by atoms with Gasteiger partial charge in [0.25, 0.3) is 17.7 Å². The molecule has 5 amide bonds. The molecule has 17 nitrogen and oxygen atoms in total. The van der Waals surface area contributed by atoms with E-state index in [9.17, 15) is 38.7 Å². The number of carbonyl (C=O) groups excluding carboxylic acids is 7. The molecule has 2 atom stereocenters. The topological polar surface area (TPSA) is 262 Å². The summed E-state index contributed by atoms with van der Waals surface area (Å²) in [5.74, 6) is -4.48. The number of carbonyl (C=O) groups is 7. The number of nitrogens with one attached hydrogen (secondary N) is 3. The Labute approximate surface area is 319 Å². The number of hydrogen-bond acceptors (Lipinski definition) is 11. The Morgan fingerprint density at radius 3 is 2.25 bits per heavy atom. The van der Waals surface area contributed by atoms with E-state index in [1.54, 1.807) is 32.0 Å². The highest BCUT2D eigenvalue weighted by molar-refractivity contribution is 6.03. The lowest BCUT2D eigenvalue weighted by molar-refractivity contribution is -0.172. The number of nitrogens with zero attached hydrogens (tertiary/aromatic N) is 2. The largest absolute Gasteiger partial charge is 0.508 e. The number of phenolic OH excluding ortho intramolecular Hbond substituents is 1. The fraction of sp³-hybridized carbons (Fsp3) is 0.474. The molecule has 1 unspecified atom stereocenters. The molecule has 1 fully saturated rings. The van der Waals surface area contributed by atoms with Crippen molar-refractivity contribution in [2.24, 2.45) is 28.3 Å². The van der Waals surface area contributed by atoms with Crippen LogP contribution < -0.4 is 27.4 Å². The third-order valence-corrected chi connectivity index (χ3v) is 8.56. The van der Waals surface area contributed by atoms with Gasteiger partial charge in [0.15, 0.2) is 11.7 Å². The lowest BCUT2D eigenvalue weighted by Gasteiger charge is -2.17. The quantitative estimate of drug-likeness (QED) is 0.0404. The van der Waals surface area contributed by atoms with E-state index >= 15 is 0 Å². The number of imide groups is 1. The van der Waals surface area contributed by atoms with Gasteiger partial charge in [0.1, 0.15) is 5.75 Å². The van der Waals surface area contributed by atoms with Gasteiger partial charge in [-0.2, -0.15) is 0 Å². The van der Waals surface area contributed by atoms with Gasteiger partial charge in [0.05, 0.1) is 18.7 Å². The van der Waals surface area contributed by atoms with E-state index in [2.05, 4.69) is 20.9 Å². The molecule has 1 aliphatic heterocycles. The third kappa shape index (κ3) is 15.6. The first-order chi connectivity index (χ1) is 26.2. The van der Waals surface area contributed by atoms with Crippen molar-refractivity contribution in [3.8, 4) is 5.75 Å². The van der Waals surface area contributed by atoms with Gasteiger partial charge in [-0.1, -0.05) is 19.1 Å². The Hall–Kier alpha value is -5.84. The summed E-state index contributed by atoms with van der Waals surface area (Å²) in [4.78, 5) is 96.2. The molecule has 2 aromatic rings. The molecule has 0 aliphatic carbocycles. The number of Topliss-reactive ketones (excluding diaryl/α,β-unsaturated/α-hetero) is 1. The smallest absolute Gasteiger partial charge is 0.363 e. The molecule has 1 saturated heterocycles. The molecule has 1 aliphatic rings. The molecule has 8 N–H and O–H groups in total. The third-order valence-electron chi connectivity index (χ3n) is 8.56. The van der Waals surface area contributed by atoms with Crippen LogP contribution in [0.4, 0.5) is 0 Å². The van der Waals surface area contributed by atoms with Crippen LogP contribution in [-0.4, -0.2) is 96.8 Å². The fourth-order valence-electron chi connectivity index (χ4n) is 5.57. The molecular weight excluding hydrogens is 714 g/mol. The maximum absolute atomic E-state index is 13.1. The fourth-order valence-corrected chi connectivity index (χ4v) is 5.57. The van der Waals surface area contributed by atoms with E-state index in [-0.39, 0.29) is 91.7 Å². The van der Waals surface area contributed by atoms with Crippen LogP contribution in [0.15, 0.2) is 47.5 Å². The SMILES string of the molecule is Cc1cc(C(=O)NCCCCOCCNC(=O)C(CC(=O)CNC(=O)[C@@H](C)CCCN=C(N)N)Cc2ccc(O)cc2)cc(C(=O)ON2C(=O)CCC2=O)c1. The van der Waals surface area contributed by atoms with Gasteiger partial charge in [0.2, 0.25) is 11.8 Å². The van der Waals surface area contributed by atoms with Crippen LogP contribution in [0.3, 0.4) is 0 Å². The van der Waals surface area contributed by atoms with Crippen molar-refractivity contribution >= 4 is 47.2 Å². The Bertz CT molecular complexity index is 1690. The van der Waals surface area contributed by atoms with Gasteiger partial charge < -0.3 is 42.1 Å². The summed E-state index contributed by atoms with van der Waals surface area (Å²) in [6.07, 6.45) is 2.41. The predicted octanol–water partition coefficient (Wildman–Crippen LogP) is 1.19. The van der Waals surface area contributed by atoms with E-state index in [0.717, 1.165) is 5.56 Å². The van der Waals surface area contributed by atoms with Crippen LogP contribution in [0.2, 0.25) is 0 Å². The summed E-state index contributed by atoms with van der Waals surface area (Å²) in [7, 11) is 0. The molecule has 0 spiro atoms. The number of aliphatic imine (C=N–C) groups is 1. The average Bonchev–Trinajstić information content (AvgIpc) is 3.46. The molecule has 3 rings (SSSR count). The molecule has 55 heavy (non-hydrogen) atoms. The highest BCUT2D eigenvalue weighted by Crippen LogP contribution is 2.18. The molecule has 0 radical (unpaired) electrons. The van der Waals surface area contributed by atoms with Crippen molar-refractivity contribution < 1.29 is 48.2 Å². The zero-order valence-corrected chi connectivity index (χ0v) is 31.3. The average molecular weight is 766 g/mol. The Morgan fingerprint density at radius 2 is 1.56 bits per heavy atom. The number of ketones is 1. The van der Waals surface area contributed by atoms with Crippen LogP contribution in [0, 0.1) is 18.8 Å². The minimum atomic E-state index is -0.920. The Kier molecular flexibility index (Phi) is 17.7. The van der Waals surface area contributed by atoms with E-state index in [4.69, 9.17) is 21.0 Å². The van der Waals surface area contributed by atoms with Crippen LogP contribution in [0.1, 0.15) is 83.7 Å². The monoisotopic (exact) mass is 765 g/mol. The molecule has 0 bridgehead atoms. The van der Waals surface area contributed by atoms with E-state index in [1.807, 2.05) is 0 Å². The van der Waals surface area contributed by atoms with Crippen molar-refractivity contribution in [2.45, 2.75) is 65.2 Å². The van der Waals surface area contributed by atoms with Gasteiger partial charge >= 0.3 is 5.97 Å². The van der Waals surface area contributed by atoms with Crippen molar-refractivity contribution in [3.05, 3.63) is 64.7 Å². The number of amides is 5. The van der Waals surface area contributed by atoms with E-state index in [1.165, 1.54) is 24.3 Å². The summed E-state index contributed by atoms with van der Waals surface area (Å²) in [6.45, 7) is 4.73. The Balaban J connectivity index is 1.37. The summed E-state index contributed by atoms with van der Waals surface area (Å²) in [5, 5.41) is 18.3. The second-order valence-corrected chi connectivity index (χ2v) is 13.3. The standard InChI is InChI=1S/C38H51N7O10/c1-24-18-27(21-29(19-24)37(53)55-45-32(48)11-12-33(45)49)35(51)41-13-3-4-16-54-17-15-42-36(52)28(20-26-7-9-30(46)10-8-26)22-31(47)23-44-34(50)25(2)6-5-14-43-38(39)40/h7-10,18-19,21,25,28,46H,3-6,11-17,20,22-23H2,1-2H3,(H,41,51)(H,42,52)(H,44,50)(H4,39,40,43)/t25-,28?/m0/s1. The summed E-state index contributed by atoms with van der Waals surface area (Å²) >= 11 is 0. The predicted molar refractivity (Wildman–Crippen MR) is 200 cm³/mol. The zero-order chi connectivity index (χ0) is 40.3. The number of phenols is 1. The molecule has 0 aromatic heterocycles. The Morgan fingerprint density at radius 1 is 0.873 bits per heavy atom. The second kappa shape index (κ2) is 22.4. The number of ether oxygens (including phenoxy) is 1. The number of nitrogens with two attached hydrogens (primary N) is 2. The van der Waals surface area contributed by atoms with Crippen LogP contribution in [0.25, 0.3) is 0 Å².